The Morgan fingerprint density at radius 2 is 1.80 bits per heavy atom. The molecule has 14 heteroatoms. The lowest BCUT2D eigenvalue weighted by Crippen LogP contribution is -2.89. The maximum absolute atomic E-state index is 13.9. The number of hydrogen-bond donors (Lipinski definition) is 3. The van der Waals surface area contributed by atoms with E-state index in [1.54, 1.807) is 15.9 Å². The molecule has 0 radical (unpaired) electrons. The highest BCUT2D eigenvalue weighted by molar-refractivity contribution is 7.89. The number of nitrogens with one attached hydrogen (secondary N) is 2. The van der Waals surface area contributed by atoms with Gasteiger partial charge in [-0.15, -0.1) is 0 Å². The molecule has 4 heterocycles. The molecule has 1 aromatic heterocycles. The van der Waals surface area contributed by atoms with E-state index in [1.807, 2.05) is 52.0 Å². The Hall–Kier alpha value is -3.16. The third-order valence-corrected chi connectivity index (χ3v) is 11.9. The minimum atomic E-state index is -4.26. The molecule has 2 unspecified atom stereocenters. The molecule has 3 aromatic rings. The number of halogens is 2. The number of carbonyl (C=O) groups is 3. The first-order chi connectivity index (χ1) is 21.0. The normalized spacial score (nSPS) is 25.8. The molecule has 240 valence electrons. The van der Waals surface area contributed by atoms with Gasteiger partial charge in [-0.25, -0.2) is 8.42 Å². The Bertz CT molecular complexity index is 1790. The van der Waals surface area contributed by atoms with E-state index in [0.29, 0.717) is 5.69 Å². The van der Waals surface area contributed by atoms with Crippen LogP contribution in [-0.4, -0.2) is 99.7 Å². The fraction of sp³-hybridized carbons (Fsp3) is 0.452. The summed E-state index contributed by atoms with van der Waals surface area (Å²) in [5.74, 6) is -1.09. The number of carbonyl (C=O) groups excluding carboxylic acids is 3. The van der Waals surface area contributed by atoms with E-state index < -0.39 is 51.0 Å². The van der Waals surface area contributed by atoms with Crippen molar-refractivity contribution in [1.82, 2.24) is 24.4 Å². The Labute approximate surface area is 271 Å². The van der Waals surface area contributed by atoms with Crippen LogP contribution < -0.4 is 5.32 Å². The molecule has 3 amide bonds. The average molecular weight is 677 g/mol. The van der Waals surface area contributed by atoms with Crippen LogP contribution in [0.4, 0.5) is 0 Å². The zero-order valence-corrected chi connectivity index (χ0v) is 27.6. The number of nitrogens with zero attached hydrogens (tertiary/aromatic N) is 3. The molecule has 0 bridgehead atoms. The number of fused-ring (bicyclic) bond motifs is 2. The van der Waals surface area contributed by atoms with Gasteiger partial charge in [0.1, 0.15) is 22.7 Å². The van der Waals surface area contributed by atoms with E-state index in [0.717, 1.165) is 15.2 Å². The number of likely N-dealkylation sites (tertiary alicyclic amines) is 2. The first-order valence-corrected chi connectivity index (χ1v) is 16.9. The maximum Gasteiger partial charge on any atom is 0.268 e. The SMILES string of the molecule is CC(C)(C)[C@H](NC(=O)c1cc2ccccc2[nH]1)C(=O)N1C[C@H]2N(C(=O)C3C[C@@H](O)CN3S(=O)(=O)c3cc(Cl)ccc3Cl)CC21C. The number of para-hydroxylation sites is 1. The zero-order valence-electron chi connectivity index (χ0n) is 25.3. The van der Waals surface area contributed by atoms with Crippen LogP contribution in [0.15, 0.2) is 53.4 Å². The average Bonchev–Trinajstić information content (AvgIpc) is 3.59. The number of amides is 3. The lowest BCUT2D eigenvalue weighted by Gasteiger charge is -2.70. The van der Waals surface area contributed by atoms with Crippen LogP contribution in [0, 0.1) is 5.41 Å². The van der Waals surface area contributed by atoms with Crippen LogP contribution in [0.3, 0.4) is 0 Å². The van der Waals surface area contributed by atoms with Crippen molar-refractivity contribution >= 4 is 61.8 Å². The van der Waals surface area contributed by atoms with Crippen LogP contribution in [-0.2, 0) is 19.6 Å². The summed E-state index contributed by atoms with van der Waals surface area (Å²) < 4.78 is 28.2. The van der Waals surface area contributed by atoms with Gasteiger partial charge in [0.2, 0.25) is 21.8 Å². The topological polar surface area (TPSA) is 143 Å². The molecule has 0 spiro atoms. The van der Waals surface area contributed by atoms with Gasteiger partial charge in [0.25, 0.3) is 5.91 Å². The van der Waals surface area contributed by atoms with E-state index in [-0.39, 0.29) is 52.9 Å². The maximum atomic E-state index is 13.9. The Morgan fingerprint density at radius 3 is 2.44 bits per heavy atom. The van der Waals surface area contributed by atoms with E-state index >= 15 is 0 Å². The third kappa shape index (κ3) is 5.30. The summed E-state index contributed by atoms with van der Waals surface area (Å²) in [6.07, 6.45) is -1.10. The number of sulfonamides is 1. The minimum absolute atomic E-state index is 0.0401. The van der Waals surface area contributed by atoms with Crippen LogP contribution in [0.2, 0.25) is 10.0 Å². The first kappa shape index (κ1) is 31.8. The number of aromatic amines is 1. The second-order valence-corrected chi connectivity index (χ2v) is 16.1. The molecule has 3 aliphatic rings. The van der Waals surface area contributed by atoms with Gasteiger partial charge < -0.3 is 25.2 Å². The molecule has 6 rings (SSSR count). The monoisotopic (exact) mass is 675 g/mol. The summed E-state index contributed by atoms with van der Waals surface area (Å²) in [6.45, 7) is 7.68. The molecular formula is C31H35Cl2N5O6S. The molecule has 3 aliphatic heterocycles. The molecule has 5 atom stereocenters. The molecule has 45 heavy (non-hydrogen) atoms. The second kappa shape index (κ2) is 11.0. The van der Waals surface area contributed by atoms with Gasteiger partial charge in [-0.1, -0.05) is 62.2 Å². The summed E-state index contributed by atoms with van der Waals surface area (Å²) in [5.41, 5.74) is -0.131. The molecule has 0 saturated carbocycles. The fourth-order valence-corrected chi connectivity index (χ4v) is 9.03. The standard InChI is InChI=1S/C31H35Cl2N5O6S/c1-30(2,3)26(35-27(40)22-11-17-7-5-6-8-21(17)34-22)29(42)37-15-25-31(37,4)16-36(25)28(41)23-13-19(39)14-38(23)45(43,44)24-12-18(32)9-10-20(24)33/h5-12,19,23,25-26,34,39H,13-16H2,1-4H3,(H,35,40)/t19-,23?,25-,26-,31?/m1/s1. The number of β-amino-alcohol motifs (C(OH)–C–C–N with tert-alkyl or cyclic N) is 1. The van der Waals surface area contributed by atoms with E-state index in [4.69, 9.17) is 23.2 Å². The highest BCUT2D eigenvalue weighted by Gasteiger charge is 2.66. The summed E-state index contributed by atoms with van der Waals surface area (Å²) in [7, 11) is -4.26. The van der Waals surface area contributed by atoms with Gasteiger partial charge >= 0.3 is 0 Å². The molecule has 0 aliphatic carbocycles. The minimum Gasteiger partial charge on any atom is -0.392 e. The van der Waals surface area contributed by atoms with Crippen molar-refractivity contribution in [2.24, 2.45) is 5.41 Å². The Kier molecular flexibility index (Phi) is 7.76. The van der Waals surface area contributed by atoms with E-state index in [2.05, 4.69) is 10.3 Å². The number of aliphatic hydroxyl groups excluding tert-OH is 1. The predicted molar refractivity (Wildman–Crippen MR) is 169 cm³/mol. The van der Waals surface area contributed by atoms with Gasteiger partial charge in [-0.2, -0.15) is 4.31 Å². The highest BCUT2D eigenvalue weighted by atomic mass is 35.5. The molecule has 11 nitrogen and oxygen atoms in total. The predicted octanol–water partition coefficient (Wildman–Crippen LogP) is 3.26. The first-order valence-electron chi connectivity index (χ1n) is 14.7. The van der Waals surface area contributed by atoms with Crippen molar-refractivity contribution in [1.29, 1.82) is 0 Å². The molecule has 3 fully saturated rings. The quantitative estimate of drug-likeness (QED) is 0.366. The number of piperazine rings is 1. The van der Waals surface area contributed by atoms with E-state index in [1.165, 1.54) is 18.2 Å². The molecule has 2 aromatic carbocycles. The lowest BCUT2D eigenvalue weighted by molar-refractivity contribution is -0.208. The summed E-state index contributed by atoms with van der Waals surface area (Å²) in [5, 5.41) is 14.4. The molecular weight excluding hydrogens is 641 g/mol. The van der Waals surface area contributed by atoms with Crippen molar-refractivity contribution in [2.45, 2.75) is 68.8 Å². The summed E-state index contributed by atoms with van der Waals surface area (Å²) in [6, 6.07) is 11.0. The fourth-order valence-electron chi connectivity index (χ4n) is 6.66. The lowest BCUT2D eigenvalue weighted by atomic mass is 9.70. The van der Waals surface area contributed by atoms with Crippen LogP contribution in [0.1, 0.15) is 44.6 Å². The number of aromatic nitrogens is 1. The summed E-state index contributed by atoms with van der Waals surface area (Å²) >= 11 is 12.2. The number of aliphatic hydroxyl groups is 1. The van der Waals surface area contributed by atoms with Crippen molar-refractivity contribution < 1.29 is 27.9 Å². The van der Waals surface area contributed by atoms with Crippen molar-refractivity contribution in [3.63, 3.8) is 0 Å². The van der Waals surface area contributed by atoms with Gasteiger partial charge in [0, 0.05) is 42.0 Å². The Morgan fingerprint density at radius 1 is 1.09 bits per heavy atom. The van der Waals surface area contributed by atoms with Gasteiger partial charge in [0.15, 0.2) is 0 Å². The number of hydrogen-bond acceptors (Lipinski definition) is 6. The molecule has 3 saturated heterocycles. The number of rotatable bonds is 6. The largest absolute Gasteiger partial charge is 0.392 e. The van der Waals surface area contributed by atoms with Crippen LogP contribution in [0.25, 0.3) is 10.9 Å². The Balaban J connectivity index is 1.16. The van der Waals surface area contributed by atoms with Gasteiger partial charge in [0.05, 0.1) is 22.7 Å². The molecule has 3 N–H and O–H groups in total. The second-order valence-electron chi connectivity index (χ2n) is 13.4. The highest BCUT2D eigenvalue weighted by Crippen LogP contribution is 2.46. The van der Waals surface area contributed by atoms with Crippen molar-refractivity contribution in [3.8, 4) is 0 Å². The van der Waals surface area contributed by atoms with Crippen LogP contribution in [0.5, 0.6) is 0 Å². The number of benzene rings is 2. The van der Waals surface area contributed by atoms with Gasteiger partial charge in [-0.3, -0.25) is 14.4 Å². The van der Waals surface area contributed by atoms with Crippen LogP contribution >= 0.6 is 23.2 Å². The smallest absolute Gasteiger partial charge is 0.268 e. The van der Waals surface area contributed by atoms with Crippen molar-refractivity contribution in [2.75, 3.05) is 19.6 Å². The third-order valence-electron chi connectivity index (χ3n) is 9.27. The van der Waals surface area contributed by atoms with E-state index in [9.17, 15) is 27.9 Å². The zero-order chi connectivity index (χ0) is 32.6. The summed E-state index contributed by atoms with van der Waals surface area (Å²) in [4.78, 5) is 47.1. The van der Waals surface area contributed by atoms with Crippen molar-refractivity contribution in [3.05, 3.63) is 64.3 Å². The van der Waals surface area contributed by atoms with Gasteiger partial charge in [-0.05, 0) is 42.7 Å². The number of H-pyrrole nitrogens is 1.